The van der Waals surface area contributed by atoms with Crippen molar-refractivity contribution in [1.82, 2.24) is 0 Å². The predicted molar refractivity (Wildman–Crippen MR) is 115 cm³/mol. The number of carbonyl (C=O) groups is 5. The predicted octanol–water partition coefficient (Wildman–Crippen LogP) is 5.00. The van der Waals surface area contributed by atoms with Gasteiger partial charge in [-0.25, -0.2) is 0 Å². The Morgan fingerprint density at radius 1 is 0.567 bits per heavy atom. The molecule has 0 aliphatic rings. The standard InChI is InChI=1S/C25H26O5/c1-13(2)23(28)20-10-8-17(11-21(20)16(6)27)25(30)18-7-9-19(15(5)26)22(12-18)24(29)14(3)4/h7-14H,1-6H3. The molecule has 0 N–H and O–H groups in total. The third-order valence-electron chi connectivity index (χ3n) is 4.90. The Balaban J connectivity index is 2.58. The highest BCUT2D eigenvalue weighted by atomic mass is 16.1. The summed E-state index contributed by atoms with van der Waals surface area (Å²) in [6, 6.07) is 8.83. The Bertz CT molecular complexity index is 1060. The molecule has 2 aromatic rings. The number of hydrogen-bond donors (Lipinski definition) is 0. The average molecular weight is 406 g/mol. The number of benzene rings is 2. The van der Waals surface area contributed by atoms with Gasteiger partial charge in [-0.1, -0.05) is 39.8 Å². The second kappa shape index (κ2) is 9.08. The van der Waals surface area contributed by atoms with Crippen LogP contribution in [0.2, 0.25) is 0 Å². The minimum atomic E-state index is -0.394. The molecule has 0 bridgehead atoms. The largest absolute Gasteiger partial charge is 0.294 e. The van der Waals surface area contributed by atoms with E-state index in [0.29, 0.717) is 0 Å². The van der Waals surface area contributed by atoms with Gasteiger partial charge in [0.25, 0.3) is 0 Å². The second-order valence-corrected chi connectivity index (χ2v) is 8.00. The van der Waals surface area contributed by atoms with Gasteiger partial charge >= 0.3 is 0 Å². The van der Waals surface area contributed by atoms with Crippen LogP contribution in [-0.4, -0.2) is 28.9 Å². The lowest BCUT2D eigenvalue weighted by Gasteiger charge is -2.13. The molecule has 0 unspecified atom stereocenters. The van der Waals surface area contributed by atoms with E-state index in [9.17, 15) is 24.0 Å². The third kappa shape index (κ3) is 4.67. The topological polar surface area (TPSA) is 85.3 Å². The van der Waals surface area contributed by atoms with Crippen LogP contribution < -0.4 is 0 Å². The maximum Gasteiger partial charge on any atom is 0.193 e. The molecule has 2 aromatic carbocycles. The van der Waals surface area contributed by atoms with E-state index in [-0.39, 0.29) is 68.3 Å². The van der Waals surface area contributed by atoms with Crippen molar-refractivity contribution < 1.29 is 24.0 Å². The van der Waals surface area contributed by atoms with Crippen LogP contribution in [0.1, 0.15) is 98.9 Å². The molecule has 5 nitrogen and oxygen atoms in total. The number of Topliss-reactive ketones (excluding diaryl/α,β-unsaturated/α-hetero) is 4. The van der Waals surface area contributed by atoms with Gasteiger partial charge in [0.05, 0.1) is 0 Å². The van der Waals surface area contributed by atoms with Gasteiger partial charge in [0.2, 0.25) is 0 Å². The van der Waals surface area contributed by atoms with Gasteiger partial charge in [0, 0.05) is 45.2 Å². The first-order valence-electron chi connectivity index (χ1n) is 9.88. The molecule has 0 heterocycles. The molecule has 0 saturated heterocycles. The molecule has 0 aliphatic heterocycles. The summed E-state index contributed by atoms with van der Waals surface area (Å²) < 4.78 is 0. The molecular formula is C25H26O5. The smallest absolute Gasteiger partial charge is 0.193 e. The first-order chi connectivity index (χ1) is 14.0. The molecule has 30 heavy (non-hydrogen) atoms. The molecule has 0 aromatic heterocycles. The van der Waals surface area contributed by atoms with E-state index in [0.717, 1.165) is 0 Å². The van der Waals surface area contributed by atoms with Gasteiger partial charge in [0.1, 0.15) is 0 Å². The molecule has 0 fully saturated rings. The van der Waals surface area contributed by atoms with E-state index in [1.54, 1.807) is 27.7 Å². The Morgan fingerprint density at radius 2 is 0.967 bits per heavy atom. The quantitative estimate of drug-likeness (QED) is 0.576. The van der Waals surface area contributed by atoms with Crippen molar-refractivity contribution in [3.8, 4) is 0 Å². The number of ketones is 5. The summed E-state index contributed by atoms with van der Waals surface area (Å²) >= 11 is 0. The lowest BCUT2D eigenvalue weighted by molar-refractivity contribution is 0.0923. The summed E-state index contributed by atoms with van der Waals surface area (Å²) in [5.74, 6) is -1.97. The minimum Gasteiger partial charge on any atom is -0.294 e. The Hall–Kier alpha value is -3.21. The summed E-state index contributed by atoms with van der Waals surface area (Å²) in [4.78, 5) is 62.0. The van der Waals surface area contributed by atoms with Crippen LogP contribution in [0, 0.1) is 11.8 Å². The summed E-state index contributed by atoms with van der Waals surface area (Å²) in [7, 11) is 0. The van der Waals surface area contributed by atoms with Gasteiger partial charge < -0.3 is 0 Å². The van der Waals surface area contributed by atoms with Gasteiger partial charge in [-0.2, -0.15) is 0 Å². The van der Waals surface area contributed by atoms with Crippen molar-refractivity contribution in [3.05, 3.63) is 69.8 Å². The van der Waals surface area contributed by atoms with Gasteiger partial charge in [-0.3, -0.25) is 24.0 Å². The van der Waals surface area contributed by atoms with E-state index < -0.39 is 5.78 Å². The maximum absolute atomic E-state index is 13.1. The Morgan fingerprint density at radius 3 is 1.40 bits per heavy atom. The van der Waals surface area contributed by atoms with E-state index in [1.165, 1.54) is 50.2 Å². The number of hydrogen-bond acceptors (Lipinski definition) is 5. The van der Waals surface area contributed by atoms with E-state index in [2.05, 4.69) is 0 Å². The van der Waals surface area contributed by atoms with Crippen molar-refractivity contribution in [1.29, 1.82) is 0 Å². The van der Waals surface area contributed by atoms with Crippen LogP contribution in [0.25, 0.3) is 0 Å². The van der Waals surface area contributed by atoms with Gasteiger partial charge in [-0.05, 0) is 38.1 Å². The van der Waals surface area contributed by atoms with Gasteiger partial charge in [-0.15, -0.1) is 0 Å². The zero-order valence-electron chi connectivity index (χ0n) is 18.2. The fourth-order valence-electron chi connectivity index (χ4n) is 3.18. The van der Waals surface area contributed by atoms with Crippen molar-refractivity contribution in [2.45, 2.75) is 41.5 Å². The molecule has 0 radical (unpaired) electrons. The van der Waals surface area contributed by atoms with Gasteiger partial charge in [0.15, 0.2) is 28.9 Å². The Kier molecular flexibility index (Phi) is 6.98. The molecule has 5 heteroatoms. The molecule has 2 rings (SSSR count). The molecular weight excluding hydrogens is 380 g/mol. The van der Waals surface area contributed by atoms with Crippen LogP contribution in [0.5, 0.6) is 0 Å². The average Bonchev–Trinajstić information content (AvgIpc) is 2.70. The van der Waals surface area contributed by atoms with Crippen molar-refractivity contribution in [2.24, 2.45) is 11.8 Å². The van der Waals surface area contributed by atoms with Crippen LogP contribution in [0.4, 0.5) is 0 Å². The Labute approximate surface area is 176 Å². The highest BCUT2D eigenvalue weighted by Gasteiger charge is 2.22. The SMILES string of the molecule is CC(=O)c1cc(C(=O)c2ccc(C(C)=O)c(C(=O)C(C)C)c2)ccc1C(=O)C(C)C. The molecule has 0 saturated carbocycles. The van der Waals surface area contributed by atoms with Crippen molar-refractivity contribution in [2.75, 3.05) is 0 Å². The minimum absolute atomic E-state index is 0.171. The van der Waals surface area contributed by atoms with Crippen LogP contribution in [-0.2, 0) is 0 Å². The van der Waals surface area contributed by atoms with Crippen LogP contribution in [0.15, 0.2) is 36.4 Å². The molecule has 0 spiro atoms. The number of rotatable bonds is 8. The fourth-order valence-corrected chi connectivity index (χ4v) is 3.18. The second-order valence-electron chi connectivity index (χ2n) is 8.00. The normalized spacial score (nSPS) is 10.9. The molecule has 156 valence electrons. The molecule has 0 atom stereocenters. The monoisotopic (exact) mass is 406 g/mol. The van der Waals surface area contributed by atoms with Crippen LogP contribution in [0.3, 0.4) is 0 Å². The van der Waals surface area contributed by atoms with E-state index in [4.69, 9.17) is 0 Å². The van der Waals surface area contributed by atoms with Crippen molar-refractivity contribution >= 4 is 28.9 Å². The summed E-state index contributed by atoms with van der Waals surface area (Å²) in [5.41, 5.74) is 1.44. The summed E-state index contributed by atoms with van der Waals surface area (Å²) in [5, 5.41) is 0. The third-order valence-corrected chi connectivity index (χ3v) is 4.90. The fraction of sp³-hybridized carbons (Fsp3) is 0.320. The highest BCUT2D eigenvalue weighted by molar-refractivity contribution is 6.15. The zero-order valence-corrected chi connectivity index (χ0v) is 18.2. The lowest BCUT2D eigenvalue weighted by atomic mass is 9.89. The first-order valence-corrected chi connectivity index (χ1v) is 9.88. The summed E-state index contributed by atoms with van der Waals surface area (Å²) in [6.07, 6.45) is 0. The maximum atomic E-state index is 13.1. The molecule has 0 amide bonds. The zero-order chi connectivity index (χ0) is 22.7. The van der Waals surface area contributed by atoms with Crippen molar-refractivity contribution in [3.63, 3.8) is 0 Å². The van der Waals surface area contributed by atoms with Crippen LogP contribution >= 0.6 is 0 Å². The lowest BCUT2D eigenvalue weighted by Crippen LogP contribution is -2.15. The highest BCUT2D eigenvalue weighted by Crippen LogP contribution is 2.22. The first kappa shape index (κ1) is 23.1. The van der Waals surface area contributed by atoms with E-state index in [1.807, 2.05) is 0 Å². The van der Waals surface area contributed by atoms with E-state index >= 15 is 0 Å². The molecule has 0 aliphatic carbocycles. The summed E-state index contributed by atoms with van der Waals surface area (Å²) in [6.45, 7) is 9.66. The number of carbonyl (C=O) groups excluding carboxylic acids is 5.